The Kier molecular flexibility index (Phi) is 4.87. The Bertz CT molecular complexity index is 661. The van der Waals surface area contributed by atoms with Crippen LogP contribution in [0.25, 0.3) is 0 Å². The molecule has 0 atom stereocenters. The van der Waals surface area contributed by atoms with Gasteiger partial charge in [0.2, 0.25) is 0 Å². The van der Waals surface area contributed by atoms with E-state index in [0.717, 1.165) is 10.6 Å². The normalized spacial score (nSPS) is 10.6. The van der Waals surface area contributed by atoms with Crippen LogP contribution in [0.3, 0.4) is 0 Å². The van der Waals surface area contributed by atoms with Gasteiger partial charge in [0.15, 0.2) is 0 Å². The summed E-state index contributed by atoms with van der Waals surface area (Å²) < 4.78 is 10.6. The van der Waals surface area contributed by atoms with Gasteiger partial charge < -0.3 is 14.0 Å². The second-order valence-corrected chi connectivity index (χ2v) is 5.27. The number of pyridine rings is 1. The highest BCUT2D eigenvalue weighted by Gasteiger charge is 2.19. The van der Waals surface area contributed by atoms with E-state index in [1.54, 1.807) is 26.8 Å². The first-order valence-corrected chi connectivity index (χ1v) is 6.12. The number of nitrogens with zero attached hydrogens (tertiary/aromatic N) is 2. The van der Waals surface area contributed by atoms with Gasteiger partial charge in [-0.25, -0.2) is 4.79 Å². The molecule has 0 N–H and O–H groups in total. The van der Waals surface area contributed by atoms with Crippen molar-refractivity contribution in [3.8, 4) is 6.07 Å². The zero-order chi connectivity index (χ0) is 16.2. The smallest absolute Gasteiger partial charge is 0.339 e. The maximum atomic E-state index is 11.9. The van der Waals surface area contributed by atoms with E-state index in [2.05, 4.69) is 4.74 Å². The minimum atomic E-state index is -0.704. The topological polar surface area (TPSA) is 98.4 Å². The molecule has 1 heterocycles. The molecule has 1 rings (SSSR count). The number of ether oxygens (including phenoxy) is 2. The van der Waals surface area contributed by atoms with Crippen LogP contribution < -0.4 is 5.56 Å². The number of nitriles is 1. The molecule has 0 saturated heterocycles. The number of carbonyl (C=O) groups excluding carboxylic acids is 2. The lowest BCUT2D eigenvalue weighted by Crippen LogP contribution is -2.31. The fraction of sp³-hybridized carbons (Fsp3) is 0.429. The number of carbonyl (C=O) groups is 2. The Balaban J connectivity index is 3.18. The standard InChI is InChI=1S/C14H16N2O5/c1-14(2,3)21-11(17)8-16-7-10(13(19)20-4)5-9(6-15)12(16)18/h5,7H,8H2,1-4H3. The molecule has 0 saturated carbocycles. The van der Waals surface area contributed by atoms with E-state index in [1.807, 2.05) is 0 Å². The number of hydrogen-bond acceptors (Lipinski definition) is 6. The number of esters is 2. The first-order chi connectivity index (χ1) is 9.67. The molecule has 1 aromatic heterocycles. The van der Waals surface area contributed by atoms with E-state index in [0.29, 0.717) is 0 Å². The van der Waals surface area contributed by atoms with Crippen LogP contribution in [0.5, 0.6) is 0 Å². The van der Waals surface area contributed by atoms with Gasteiger partial charge in [-0.2, -0.15) is 5.26 Å². The van der Waals surface area contributed by atoms with Gasteiger partial charge in [-0.15, -0.1) is 0 Å². The van der Waals surface area contributed by atoms with E-state index >= 15 is 0 Å². The van der Waals surface area contributed by atoms with E-state index in [-0.39, 0.29) is 11.1 Å². The number of methoxy groups -OCH3 is 1. The summed E-state index contributed by atoms with van der Waals surface area (Å²) in [6.07, 6.45) is 1.17. The van der Waals surface area contributed by atoms with Crippen molar-refractivity contribution in [2.45, 2.75) is 32.9 Å². The number of hydrogen-bond donors (Lipinski definition) is 0. The molecular weight excluding hydrogens is 276 g/mol. The summed E-state index contributed by atoms with van der Waals surface area (Å²) in [5.74, 6) is -1.35. The minimum absolute atomic E-state index is 0.0113. The predicted octanol–water partition coefficient (Wildman–Crippen LogP) is 0.848. The molecule has 0 aromatic carbocycles. The maximum Gasteiger partial charge on any atom is 0.339 e. The monoisotopic (exact) mass is 292 g/mol. The first-order valence-electron chi connectivity index (χ1n) is 6.12. The first kappa shape index (κ1) is 16.4. The summed E-state index contributed by atoms with van der Waals surface area (Å²) in [5, 5.41) is 8.91. The van der Waals surface area contributed by atoms with E-state index in [9.17, 15) is 14.4 Å². The summed E-state index contributed by atoms with van der Waals surface area (Å²) in [5.41, 5.74) is -1.60. The third-order valence-electron chi connectivity index (χ3n) is 2.35. The van der Waals surface area contributed by atoms with Crippen LogP contribution >= 0.6 is 0 Å². The molecule has 0 aliphatic carbocycles. The van der Waals surface area contributed by atoms with Crippen LogP contribution in [0.15, 0.2) is 17.1 Å². The fourth-order valence-electron chi connectivity index (χ4n) is 1.58. The molecule has 0 amide bonds. The van der Waals surface area contributed by atoms with Crippen molar-refractivity contribution in [2.75, 3.05) is 7.11 Å². The Morgan fingerprint density at radius 1 is 1.38 bits per heavy atom. The van der Waals surface area contributed by atoms with Gasteiger partial charge in [0.25, 0.3) is 5.56 Å². The average Bonchev–Trinajstić information content (AvgIpc) is 2.37. The lowest BCUT2D eigenvalue weighted by atomic mass is 10.2. The summed E-state index contributed by atoms with van der Waals surface area (Å²) >= 11 is 0. The molecule has 0 spiro atoms. The Morgan fingerprint density at radius 3 is 2.48 bits per heavy atom. The van der Waals surface area contributed by atoms with Crippen molar-refractivity contribution < 1.29 is 19.1 Å². The number of rotatable bonds is 3. The third-order valence-corrected chi connectivity index (χ3v) is 2.35. The van der Waals surface area contributed by atoms with Crippen LogP contribution in [0.1, 0.15) is 36.7 Å². The highest BCUT2D eigenvalue weighted by atomic mass is 16.6. The maximum absolute atomic E-state index is 11.9. The summed E-state index contributed by atoms with van der Waals surface area (Å²) in [4.78, 5) is 35.2. The summed E-state index contributed by atoms with van der Waals surface area (Å²) in [6, 6.07) is 2.81. The Morgan fingerprint density at radius 2 is 2.00 bits per heavy atom. The third kappa shape index (κ3) is 4.45. The second kappa shape index (κ2) is 6.22. The Hall–Kier alpha value is -2.62. The largest absolute Gasteiger partial charge is 0.465 e. The molecule has 7 heteroatoms. The van der Waals surface area contributed by atoms with Gasteiger partial charge in [0.1, 0.15) is 23.8 Å². The predicted molar refractivity (Wildman–Crippen MR) is 72.6 cm³/mol. The van der Waals surface area contributed by atoms with Crippen molar-refractivity contribution in [1.29, 1.82) is 5.26 Å². The van der Waals surface area contributed by atoms with Crippen molar-refractivity contribution in [3.63, 3.8) is 0 Å². The van der Waals surface area contributed by atoms with Crippen molar-refractivity contribution in [1.82, 2.24) is 4.57 Å². The number of aromatic nitrogens is 1. The van der Waals surface area contributed by atoms with Crippen LogP contribution in [0.4, 0.5) is 0 Å². The average molecular weight is 292 g/mol. The lowest BCUT2D eigenvalue weighted by molar-refractivity contribution is -0.155. The quantitative estimate of drug-likeness (QED) is 0.766. The Labute approximate surface area is 121 Å². The molecule has 0 bridgehead atoms. The zero-order valence-corrected chi connectivity index (χ0v) is 12.3. The van der Waals surface area contributed by atoms with Crippen LogP contribution in [-0.2, 0) is 20.8 Å². The summed E-state index contributed by atoms with van der Waals surface area (Å²) in [6.45, 7) is 4.69. The molecule has 7 nitrogen and oxygen atoms in total. The zero-order valence-electron chi connectivity index (χ0n) is 12.3. The van der Waals surface area contributed by atoms with Crippen LogP contribution in [0.2, 0.25) is 0 Å². The van der Waals surface area contributed by atoms with E-state index < -0.39 is 29.6 Å². The summed E-state index contributed by atoms with van der Waals surface area (Å²) in [7, 11) is 1.18. The highest BCUT2D eigenvalue weighted by molar-refractivity contribution is 5.89. The van der Waals surface area contributed by atoms with E-state index in [4.69, 9.17) is 10.00 Å². The molecule has 0 aliphatic heterocycles. The molecule has 1 aromatic rings. The SMILES string of the molecule is COC(=O)c1cc(C#N)c(=O)n(CC(=O)OC(C)(C)C)c1. The van der Waals surface area contributed by atoms with Crippen molar-refractivity contribution >= 4 is 11.9 Å². The molecule has 0 unspecified atom stereocenters. The van der Waals surface area contributed by atoms with Crippen molar-refractivity contribution in [2.24, 2.45) is 0 Å². The molecule has 21 heavy (non-hydrogen) atoms. The van der Waals surface area contributed by atoms with Crippen LogP contribution in [-0.4, -0.2) is 29.2 Å². The second-order valence-electron chi connectivity index (χ2n) is 5.27. The van der Waals surface area contributed by atoms with Gasteiger partial charge in [-0.1, -0.05) is 0 Å². The van der Waals surface area contributed by atoms with Gasteiger partial charge in [-0.05, 0) is 26.8 Å². The fourth-order valence-corrected chi connectivity index (χ4v) is 1.58. The molecule has 0 fully saturated rings. The van der Waals surface area contributed by atoms with E-state index in [1.165, 1.54) is 13.3 Å². The van der Waals surface area contributed by atoms with Gasteiger partial charge in [0, 0.05) is 6.20 Å². The molecular formula is C14H16N2O5. The van der Waals surface area contributed by atoms with Crippen LogP contribution in [0, 0.1) is 11.3 Å². The van der Waals surface area contributed by atoms with Gasteiger partial charge in [0.05, 0.1) is 12.7 Å². The highest BCUT2D eigenvalue weighted by Crippen LogP contribution is 2.08. The molecule has 0 aliphatic rings. The molecule has 0 radical (unpaired) electrons. The minimum Gasteiger partial charge on any atom is -0.465 e. The van der Waals surface area contributed by atoms with Gasteiger partial charge in [-0.3, -0.25) is 9.59 Å². The van der Waals surface area contributed by atoms with Gasteiger partial charge >= 0.3 is 11.9 Å². The van der Waals surface area contributed by atoms with Crippen molar-refractivity contribution in [3.05, 3.63) is 33.7 Å². The lowest BCUT2D eigenvalue weighted by Gasteiger charge is -2.19. The molecule has 112 valence electrons.